The number of carbonyl (C=O) groups is 3. The predicted molar refractivity (Wildman–Crippen MR) is 220 cm³/mol. The summed E-state index contributed by atoms with van der Waals surface area (Å²) in [6.45, 7) is 8.62. The van der Waals surface area contributed by atoms with Gasteiger partial charge >= 0.3 is 17.9 Å². The molecular formula is C46H58N4O9. The van der Waals surface area contributed by atoms with Crippen molar-refractivity contribution in [3.05, 3.63) is 70.9 Å². The molecule has 59 heavy (non-hydrogen) atoms. The molecule has 0 amide bonds. The standard InChI is InChI=1S/C46H58N4O9/c1-8-42(54)23-28-24-45(40(52)57-6,36-30(15-19-49(25-28)26-42)29-13-10-11-14-33(29)47-36)32-21-31-34(22-35(32)56-5)48(4)38-44(31)17-20-50-18-12-16-43(9-2,37(44)50)39(59-27(3)51)46(38,55)41(53)58-7/h10-14,16,21-22,28,37-39,47,54-55H,8-9,15,17-20,23-26H2,1-7H3/t28?,37-,38+,39+,42-,43+,44+,45-,46-/m0/s1. The zero-order chi connectivity index (χ0) is 41.9. The number of methoxy groups -OCH3 is 3. The molecule has 1 spiro atoms. The number of aromatic nitrogens is 1. The van der Waals surface area contributed by atoms with Crippen molar-refractivity contribution in [1.82, 2.24) is 14.8 Å². The van der Waals surface area contributed by atoms with Gasteiger partial charge in [0, 0.05) is 90.9 Å². The summed E-state index contributed by atoms with van der Waals surface area (Å²) < 4.78 is 23.9. The lowest BCUT2D eigenvalue weighted by molar-refractivity contribution is -0.228. The normalized spacial score (nSPS) is 37.0. The van der Waals surface area contributed by atoms with E-state index < -0.39 is 57.5 Å². The molecule has 13 heteroatoms. The number of H-pyrrole nitrogens is 1. The highest BCUT2D eigenvalue weighted by Gasteiger charge is 2.80. The SMILES string of the molecule is CC[C@]1(O)CC2C[N@](CCc3c([nH]c4ccccc34)[C@@](C(=O)OC)(c3cc4c(cc3OC)N(C)[C@H]3[C@@](O)(C(=O)OC)[C@H](OC(C)=O)[C@]5(CC)C=CCN6CC[C@]43[C@@H]65)C2)C1. The molecule has 9 rings (SSSR count). The Morgan fingerprint density at radius 2 is 1.71 bits per heavy atom. The molecule has 3 fully saturated rings. The van der Waals surface area contributed by atoms with E-state index >= 15 is 4.79 Å². The van der Waals surface area contributed by atoms with E-state index in [1.54, 1.807) is 7.11 Å². The molecule has 13 nitrogen and oxygen atoms in total. The highest BCUT2D eigenvalue weighted by Crippen LogP contribution is 2.68. The number of para-hydroxylation sites is 1. The van der Waals surface area contributed by atoms with E-state index in [4.69, 9.17) is 18.9 Å². The molecule has 0 radical (unpaired) electrons. The third kappa shape index (κ3) is 5.20. The van der Waals surface area contributed by atoms with Crippen LogP contribution in [-0.2, 0) is 45.8 Å². The molecule has 2 saturated heterocycles. The smallest absolute Gasteiger partial charge is 0.344 e. The van der Waals surface area contributed by atoms with E-state index in [9.17, 15) is 19.8 Å². The Hall–Kier alpha value is -4.43. The molecule has 6 heterocycles. The number of fused-ring (bicyclic) bond motifs is 6. The van der Waals surface area contributed by atoms with Crippen molar-refractivity contribution in [2.24, 2.45) is 11.3 Å². The second-order valence-electron chi connectivity index (χ2n) is 18.2. The first kappa shape index (κ1) is 40.0. The summed E-state index contributed by atoms with van der Waals surface area (Å²) in [5.74, 6) is -1.56. The van der Waals surface area contributed by atoms with Crippen molar-refractivity contribution in [3.63, 3.8) is 0 Å². The maximum absolute atomic E-state index is 15.3. The van der Waals surface area contributed by atoms with Gasteiger partial charge in [-0.1, -0.05) is 44.2 Å². The lowest BCUT2D eigenvalue weighted by atomic mass is 9.47. The number of aliphatic hydroxyl groups is 2. The average molecular weight is 811 g/mol. The van der Waals surface area contributed by atoms with Crippen LogP contribution in [0.3, 0.4) is 0 Å². The molecule has 1 saturated carbocycles. The van der Waals surface area contributed by atoms with Crippen LogP contribution in [0.1, 0.15) is 75.3 Å². The van der Waals surface area contributed by atoms with Crippen LogP contribution in [0, 0.1) is 11.3 Å². The van der Waals surface area contributed by atoms with Crippen molar-refractivity contribution in [2.45, 2.75) is 99.5 Å². The van der Waals surface area contributed by atoms with Gasteiger partial charge < -0.3 is 39.0 Å². The molecule has 1 unspecified atom stereocenters. The fourth-order valence-corrected chi connectivity index (χ4v) is 13.5. The molecule has 3 aromatic rings. The molecule has 2 aromatic carbocycles. The number of hydrogen-bond donors (Lipinski definition) is 3. The van der Waals surface area contributed by atoms with Crippen molar-refractivity contribution in [3.8, 4) is 5.75 Å². The Morgan fingerprint density at radius 3 is 2.41 bits per heavy atom. The number of piperidine rings is 1. The second kappa shape index (κ2) is 13.8. The Kier molecular flexibility index (Phi) is 9.36. The first-order valence-corrected chi connectivity index (χ1v) is 21.2. The number of ether oxygens (including phenoxy) is 4. The number of nitrogens with one attached hydrogen (secondary N) is 1. The summed E-state index contributed by atoms with van der Waals surface area (Å²) in [6.07, 6.45) is 5.94. The van der Waals surface area contributed by atoms with E-state index in [1.807, 2.05) is 50.1 Å². The van der Waals surface area contributed by atoms with Crippen LogP contribution < -0.4 is 9.64 Å². The van der Waals surface area contributed by atoms with Gasteiger partial charge in [-0.2, -0.15) is 0 Å². The highest BCUT2D eigenvalue weighted by molar-refractivity contribution is 5.95. The summed E-state index contributed by atoms with van der Waals surface area (Å²) in [4.78, 5) is 53.2. The fraction of sp³-hybridized carbons (Fsp3) is 0.587. The Morgan fingerprint density at radius 1 is 0.949 bits per heavy atom. The zero-order valence-corrected chi connectivity index (χ0v) is 35.3. The molecule has 5 aliphatic heterocycles. The number of rotatable bonds is 7. The van der Waals surface area contributed by atoms with Gasteiger partial charge in [-0.25, -0.2) is 4.79 Å². The predicted octanol–water partition coefficient (Wildman–Crippen LogP) is 3.99. The van der Waals surface area contributed by atoms with Crippen molar-refractivity contribution < 1.29 is 43.5 Å². The lowest BCUT2D eigenvalue weighted by Crippen LogP contribution is -2.81. The van der Waals surface area contributed by atoms with Gasteiger partial charge in [0.25, 0.3) is 0 Å². The van der Waals surface area contributed by atoms with Crippen LogP contribution in [-0.4, -0.2) is 133 Å². The lowest BCUT2D eigenvalue weighted by Gasteiger charge is -2.63. The van der Waals surface area contributed by atoms with Crippen LogP contribution in [0.15, 0.2) is 48.6 Å². The third-order valence-corrected chi connectivity index (χ3v) is 15.6. The second-order valence-corrected chi connectivity index (χ2v) is 18.2. The molecule has 10 atom stereocenters. The third-order valence-electron chi connectivity index (χ3n) is 15.6. The molecule has 1 aliphatic carbocycles. The minimum absolute atomic E-state index is 0.0986. The van der Waals surface area contributed by atoms with Crippen molar-refractivity contribution in [1.29, 1.82) is 0 Å². The first-order chi connectivity index (χ1) is 28.2. The quantitative estimate of drug-likeness (QED) is 0.180. The largest absolute Gasteiger partial charge is 0.496 e. The monoisotopic (exact) mass is 810 g/mol. The highest BCUT2D eigenvalue weighted by atomic mass is 16.6. The Bertz CT molecular complexity index is 2260. The summed E-state index contributed by atoms with van der Waals surface area (Å²) in [5, 5.41) is 26.3. The van der Waals surface area contributed by atoms with E-state index in [2.05, 4.69) is 39.1 Å². The van der Waals surface area contributed by atoms with Gasteiger partial charge in [0.05, 0.1) is 33.0 Å². The van der Waals surface area contributed by atoms with Crippen molar-refractivity contribution >= 4 is 34.5 Å². The number of likely N-dealkylation sites (N-methyl/N-ethyl adjacent to an activating group) is 1. The Balaban J connectivity index is 1.36. The number of carbonyl (C=O) groups excluding carboxylic acids is 3. The minimum Gasteiger partial charge on any atom is -0.496 e. The van der Waals surface area contributed by atoms with Gasteiger partial charge in [-0.15, -0.1) is 0 Å². The first-order valence-electron chi connectivity index (χ1n) is 21.2. The van der Waals surface area contributed by atoms with Gasteiger partial charge in [0.2, 0.25) is 5.60 Å². The van der Waals surface area contributed by atoms with E-state index in [0.717, 1.165) is 33.4 Å². The van der Waals surface area contributed by atoms with Crippen LogP contribution >= 0.6 is 0 Å². The summed E-state index contributed by atoms with van der Waals surface area (Å²) >= 11 is 0. The number of benzene rings is 2. The van der Waals surface area contributed by atoms with E-state index in [0.29, 0.717) is 82.6 Å². The van der Waals surface area contributed by atoms with Crippen LogP contribution in [0.4, 0.5) is 5.69 Å². The number of nitrogens with zero attached hydrogens (tertiary/aromatic N) is 3. The molecule has 6 aliphatic rings. The Labute approximate surface area is 345 Å². The number of aromatic amines is 1. The number of hydrogen-bond acceptors (Lipinski definition) is 12. The maximum atomic E-state index is 15.3. The summed E-state index contributed by atoms with van der Waals surface area (Å²) in [6, 6.07) is 11.0. The maximum Gasteiger partial charge on any atom is 0.344 e. The van der Waals surface area contributed by atoms with Crippen LogP contribution in [0.2, 0.25) is 0 Å². The van der Waals surface area contributed by atoms with Gasteiger partial charge in [-0.3, -0.25) is 19.4 Å². The van der Waals surface area contributed by atoms with Gasteiger partial charge in [0.15, 0.2) is 6.10 Å². The zero-order valence-electron chi connectivity index (χ0n) is 35.3. The van der Waals surface area contributed by atoms with Crippen molar-refractivity contribution in [2.75, 3.05) is 66.0 Å². The molecular weight excluding hydrogens is 753 g/mol. The van der Waals surface area contributed by atoms with Crippen LogP contribution in [0.25, 0.3) is 10.9 Å². The minimum atomic E-state index is -2.30. The number of anilines is 1. The molecule has 1 aromatic heterocycles. The fourth-order valence-electron chi connectivity index (χ4n) is 13.5. The average Bonchev–Trinajstić information content (AvgIpc) is 3.90. The van der Waals surface area contributed by atoms with E-state index in [-0.39, 0.29) is 12.0 Å². The summed E-state index contributed by atoms with van der Waals surface area (Å²) in [5.41, 5.74) is -1.62. The van der Waals surface area contributed by atoms with Gasteiger partial charge in [-0.05, 0) is 74.2 Å². The van der Waals surface area contributed by atoms with E-state index in [1.165, 1.54) is 21.1 Å². The number of esters is 3. The molecule has 2 bridgehead atoms. The molecule has 316 valence electrons. The topological polar surface area (TPSA) is 154 Å². The molecule has 3 N–H and O–H groups in total. The van der Waals surface area contributed by atoms with Crippen LogP contribution in [0.5, 0.6) is 5.75 Å². The van der Waals surface area contributed by atoms with Gasteiger partial charge in [0.1, 0.15) is 11.2 Å². The summed E-state index contributed by atoms with van der Waals surface area (Å²) in [7, 11) is 6.15.